The smallest absolute Gasteiger partial charge is 0.191 e. The van der Waals surface area contributed by atoms with Gasteiger partial charge in [-0.15, -0.1) is 0 Å². The van der Waals surface area contributed by atoms with Gasteiger partial charge in [-0.1, -0.05) is 42.5 Å². The SMILES string of the molecule is CCNC(=NCc1nccc2ccccc12)NCCCOc1ccccc1. The van der Waals surface area contributed by atoms with Crippen LogP contribution in [0.2, 0.25) is 0 Å². The van der Waals surface area contributed by atoms with E-state index >= 15 is 0 Å². The van der Waals surface area contributed by atoms with Crippen molar-refractivity contribution in [2.45, 2.75) is 19.9 Å². The Morgan fingerprint density at radius 1 is 1.00 bits per heavy atom. The van der Waals surface area contributed by atoms with Crippen LogP contribution in [0.1, 0.15) is 19.0 Å². The fourth-order valence-corrected chi connectivity index (χ4v) is 2.79. The van der Waals surface area contributed by atoms with Crippen LogP contribution in [-0.2, 0) is 6.54 Å². The van der Waals surface area contributed by atoms with Gasteiger partial charge in [0.05, 0.1) is 18.8 Å². The third kappa shape index (κ3) is 5.71. The molecule has 0 bridgehead atoms. The largest absolute Gasteiger partial charge is 0.494 e. The van der Waals surface area contributed by atoms with Crippen molar-refractivity contribution in [3.05, 3.63) is 72.6 Å². The fraction of sp³-hybridized carbons (Fsp3) is 0.273. The molecule has 0 spiro atoms. The quantitative estimate of drug-likeness (QED) is 0.364. The molecular formula is C22H26N4O. The lowest BCUT2D eigenvalue weighted by atomic mass is 10.1. The molecule has 0 radical (unpaired) electrons. The van der Waals surface area contributed by atoms with Crippen LogP contribution in [0.4, 0.5) is 0 Å². The molecular weight excluding hydrogens is 336 g/mol. The predicted molar refractivity (Wildman–Crippen MR) is 111 cm³/mol. The average molecular weight is 362 g/mol. The highest BCUT2D eigenvalue weighted by Crippen LogP contribution is 2.16. The highest BCUT2D eigenvalue weighted by Gasteiger charge is 2.03. The molecule has 0 aliphatic heterocycles. The van der Waals surface area contributed by atoms with Gasteiger partial charge in [0, 0.05) is 24.7 Å². The van der Waals surface area contributed by atoms with E-state index in [1.54, 1.807) is 0 Å². The molecule has 2 aromatic carbocycles. The van der Waals surface area contributed by atoms with Gasteiger partial charge in [-0.05, 0) is 36.9 Å². The normalized spacial score (nSPS) is 11.4. The van der Waals surface area contributed by atoms with Crippen LogP contribution in [0.5, 0.6) is 5.75 Å². The highest BCUT2D eigenvalue weighted by molar-refractivity contribution is 5.85. The number of hydrogen-bond donors (Lipinski definition) is 2. The summed E-state index contributed by atoms with van der Waals surface area (Å²) in [6.07, 6.45) is 2.74. The van der Waals surface area contributed by atoms with E-state index in [1.807, 2.05) is 54.7 Å². The molecule has 0 fully saturated rings. The number of benzene rings is 2. The van der Waals surface area contributed by atoms with Crippen LogP contribution < -0.4 is 15.4 Å². The molecule has 3 aromatic rings. The van der Waals surface area contributed by atoms with Crippen LogP contribution in [0.15, 0.2) is 71.9 Å². The van der Waals surface area contributed by atoms with Crippen molar-refractivity contribution >= 4 is 16.7 Å². The van der Waals surface area contributed by atoms with E-state index in [9.17, 15) is 0 Å². The first kappa shape index (κ1) is 18.7. The second kappa shape index (κ2) is 10.2. The minimum absolute atomic E-state index is 0.539. The van der Waals surface area contributed by atoms with Crippen LogP contribution >= 0.6 is 0 Å². The lowest BCUT2D eigenvalue weighted by molar-refractivity contribution is 0.311. The van der Waals surface area contributed by atoms with E-state index in [0.717, 1.165) is 42.3 Å². The van der Waals surface area contributed by atoms with E-state index in [-0.39, 0.29) is 0 Å². The first-order chi connectivity index (χ1) is 13.4. The first-order valence-electron chi connectivity index (χ1n) is 9.39. The number of aromatic nitrogens is 1. The van der Waals surface area contributed by atoms with Crippen molar-refractivity contribution in [1.82, 2.24) is 15.6 Å². The Bertz CT molecular complexity index is 859. The number of nitrogens with one attached hydrogen (secondary N) is 2. The number of pyridine rings is 1. The van der Waals surface area contributed by atoms with Crippen molar-refractivity contribution in [2.24, 2.45) is 4.99 Å². The lowest BCUT2D eigenvalue weighted by Gasteiger charge is -2.12. The second-order valence-electron chi connectivity index (χ2n) is 6.12. The summed E-state index contributed by atoms with van der Waals surface area (Å²) in [4.78, 5) is 9.18. The maximum Gasteiger partial charge on any atom is 0.191 e. The average Bonchev–Trinajstić information content (AvgIpc) is 2.72. The first-order valence-corrected chi connectivity index (χ1v) is 9.39. The van der Waals surface area contributed by atoms with Crippen LogP contribution in [0, 0.1) is 0 Å². The minimum atomic E-state index is 0.539. The van der Waals surface area contributed by atoms with Gasteiger partial charge >= 0.3 is 0 Å². The Hall–Kier alpha value is -3.08. The zero-order valence-electron chi connectivity index (χ0n) is 15.7. The Balaban J connectivity index is 1.51. The van der Waals surface area contributed by atoms with Gasteiger partial charge in [-0.25, -0.2) is 4.99 Å². The van der Waals surface area contributed by atoms with Crippen molar-refractivity contribution in [3.63, 3.8) is 0 Å². The molecule has 5 nitrogen and oxygen atoms in total. The lowest BCUT2D eigenvalue weighted by Crippen LogP contribution is -2.38. The summed E-state index contributed by atoms with van der Waals surface area (Å²) in [7, 11) is 0. The van der Waals surface area contributed by atoms with Crippen molar-refractivity contribution in [3.8, 4) is 5.75 Å². The second-order valence-corrected chi connectivity index (χ2v) is 6.12. The number of ether oxygens (including phenoxy) is 1. The van der Waals surface area contributed by atoms with E-state index in [1.165, 1.54) is 5.39 Å². The maximum atomic E-state index is 5.71. The number of fused-ring (bicyclic) bond motifs is 1. The molecule has 0 saturated carbocycles. The zero-order valence-corrected chi connectivity index (χ0v) is 15.7. The zero-order chi connectivity index (χ0) is 18.7. The Kier molecular flexibility index (Phi) is 7.04. The topological polar surface area (TPSA) is 58.5 Å². The monoisotopic (exact) mass is 362 g/mol. The summed E-state index contributed by atoms with van der Waals surface area (Å²) in [6, 6.07) is 20.2. The molecule has 0 amide bonds. The number of rotatable bonds is 8. The summed E-state index contributed by atoms with van der Waals surface area (Å²) in [5, 5.41) is 8.97. The van der Waals surface area contributed by atoms with Crippen molar-refractivity contribution in [1.29, 1.82) is 0 Å². The molecule has 1 heterocycles. The molecule has 27 heavy (non-hydrogen) atoms. The van der Waals surface area contributed by atoms with Gasteiger partial charge < -0.3 is 15.4 Å². The summed E-state index contributed by atoms with van der Waals surface area (Å²) in [5.41, 5.74) is 0.984. The van der Waals surface area contributed by atoms with E-state index in [4.69, 9.17) is 4.74 Å². The molecule has 2 N–H and O–H groups in total. The predicted octanol–water partition coefficient (Wildman–Crippen LogP) is 3.76. The standard InChI is InChI=1S/C22H26N4O/c1-2-23-22(25-14-8-16-27-19-10-4-3-5-11-19)26-17-21-20-12-7-6-9-18(20)13-15-24-21/h3-7,9-13,15H,2,8,14,16-17H2,1H3,(H2,23,25,26). The van der Waals surface area contributed by atoms with Crippen molar-refractivity contribution in [2.75, 3.05) is 19.7 Å². The molecule has 0 saturated heterocycles. The van der Waals surface area contributed by atoms with Gasteiger partial charge in [-0.2, -0.15) is 0 Å². The number of nitrogens with zero attached hydrogens (tertiary/aromatic N) is 2. The molecule has 3 rings (SSSR count). The Labute approximate surface area is 160 Å². The Morgan fingerprint density at radius 3 is 2.67 bits per heavy atom. The molecule has 140 valence electrons. The molecule has 5 heteroatoms. The third-order valence-electron chi connectivity index (χ3n) is 4.11. The van der Waals surface area contributed by atoms with Gasteiger partial charge in [0.25, 0.3) is 0 Å². The molecule has 1 aromatic heterocycles. The van der Waals surface area contributed by atoms with E-state index in [2.05, 4.69) is 39.7 Å². The fourth-order valence-electron chi connectivity index (χ4n) is 2.79. The van der Waals surface area contributed by atoms with Crippen LogP contribution in [-0.4, -0.2) is 30.6 Å². The van der Waals surface area contributed by atoms with Crippen molar-refractivity contribution < 1.29 is 4.74 Å². The molecule has 0 unspecified atom stereocenters. The number of guanidine groups is 1. The molecule has 0 aliphatic rings. The summed E-state index contributed by atoms with van der Waals surface area (Å²) >= 11 is 0. The minimum Gasteiger partial charge on any atom is -0.494 e. The van der Waals surface area contributed by atoms with Gasteiger partial charge in [0.2, 0.25) is 0 Å². The maximum absolute atomic E-state index is 5.71. The third-order valence-corrected chi connectivity index (χ3v) is 4.11. The Morgan fingerprint density at radius 2 is 1.81 bits per heavy atom. The summed E-state index contributed by atoms with van der Waals surface area (Å²) in [5.74, 6) is 1.70. The molecule has 0 atom stereocenters. The van der Waals surface area contributed by atoms with E-state index < -0.39 is 0 Å². The summed E-state index contributed by atoms with van der Waals surface area (Å²) < 4.78 is 5.71. The van der Waals surface area contributed by atoms with Crippen LogP contribution in [0.25, 0.3) is 10.8 Å². The number of aliphatic imine (C=N–C) groups is 1. The number of para-hydroxylation sites is 1. The molecule has 0 aliphatic carbocycles. The van der Waals surface area contributed by atoms with Gasteiger partial charge in [0.1, 0.15) is 5.75 Å². The van der Waals surface area contributed by atoms with Crippen LogP contribution in [0.3, 0.4) is 0 Å². The highest BCUT2D eigenvalue weighted by atomic mass is 16.5. The van der Waals surface area contributed by atoms with Gasteiger partial charge in [0.15, 0.2) is 5.96 Å². The van der Waals surface area contributed by atoms with E-state index in [0.29, 0.717) is 13.2 Å². The summed E-state index contributed by atoms with van der Waals surface area (Å²) in [6.45, 7) is 4.88. The van der Waals surface area contributed by atoms with Gasteiger partial charge in [-0.3, -0.25) is 4.98 Å². The number of hydrogen-bond acceptors (Lipinski definition) is 3.